The molecule has 0 aliphatic rings. The second kappa shape index (κ2) is 7.27. The highest BCUT2D eigenvalue weighted by Crippen LogP contribution is 2.37. The molecule has 1 aromatic heterocycles. The third kappa shape index (κ3) is 3.92. The number of hydrogen-bond acceptors (Lipinski definition) is 6. The van der Waals surface area contributed by atoms with Gasteiger partial charge in [0, 0.05) is 4.90 Å². The number of anilines is 2. The Bertz CT molecular complexity index is 919. The Morgan fingerprint density at radius 2 is 1.84 bits per heavy atom. The second-order valence-electron chi connectivity index (χ2n) is 5.15. The lowest BCUT2D eigenvalue weighted by Crippen LogP contribution is -2.03. The van der Waals surface area contributed by atoms with Gasteiger partial charge < -0.3 is 5.32 Å². The molecule has 0 atom stereocenters. The van der Waals surface area contributed by atoms with Crippen molar-refractivity contribution in [1.29, 1.82) is 0 Å². The summed E-state index contributed by atoms with van der Waals surface area (Å²) in [5.41, 5.74) is 0.898. The highest BCUT2D eigenvalue weighted by Gasteiger charge is 2.24. The van der Waals surface area contributed by atoms with Gasteiger partial charge in [-0.15, -0.1) is 0 Å². The van der Waals surface area contributed by atoms with Crippen molar-refractivity contribution in [3.05, 3.63) is 76.4 Å². The summed E-state index contributed by atoms with van der Waals surface area (Å²) >= 11 is 1.15. The Labute approximate surface area is 147 Å². The fourth-order valence-corrected chi connectivity index (χ4v) is 2.96. The topological polar surface area (TPSA) is 81.0 Å². The normalized spacial score (nSPS) is 10.5. The first-order chi connectivity index (χ1) is 12.0. The minimum Gasteiger partial charge on any atom is -0.332 e. The van der Waals surface area contributed by atoms with E-state index >= 15 is 0 Å². The van der Waals surface area contributed by atoms with Crippen molar-refractivity contribution in [3.63, 3.8) is 0 Å². The zero-order chi connectivity index (χ0) is 17.8. The SMILES string of the molecule is Cc1ccc(Sc2ncnc(Nc3ccccc3F)c2[N+](=O)[O-])cc1. The fraction of sp³-hybridized carbons (Fsp3) is 0.0588. The van der Waals surface area contributed by atoms with Crippen LogP contribution in [0.25, 0.3) is 0 Å². The monoisotopic (exact) mass is 356 g/mol. The standard InChI is InChI=1S/C17H13FN4O2S/c1-11-6-8-12(9-7-11)25-17-15(22(23)24)16(19-10-20-17)21-14-5-3-2-4-13(14)18/h2-10H,1H3,(H,19,20,21). The van der Waals surface area contributed by atoms with Crippen molar-refractivity contribution >= 4 is 29.0 Å². The molecule has 1 N–H and O–H groups in total. The summed E-state index contributed by atoms with van der Waals surface area (Å²) in [5.74, 6) is -0.581. The molecular formula is C17H13FN4O2S. The summed E-state index contributed by atoms with van der Waals surface area (Å²) in [5, 5.41) is 14.4. The maximum absolute atomic E-state index is 13.8. The summed E-state index contributed by atoms with van der Waals surface area (Å²) in [7, 11) is 0. The molecule has 0 radical (unpaired) electrons. The van der Waals surface area contributed by atoms with Gasteiger partial charge in [-0.2, -0.15) is 0 Å². The van der Waals surface area contributed by atoms with Crippen molar-refractivity contribution in [2.45, 2.75) is 16.8 Å². The number of hydrogen-bond donors (Lipinski definition) is 1. The summed E-state index contributed by atoms with van der Waals surface area (Å²) in [6.45, 7) is 1.96. The molecule has 0 saturated heterocycles. The maximum Gasteiger partial charge on any atom is 0.343 e. The maximum atomic E-state index is 13.8. The number of nitrogens with zero attached hydrogens (tertiary/aromatic N) is 3. The molecule has 3 rings (SSSR count). The van der Waals surface area contributed by atoms with E-state index in [1.165, 1.54) is 24.5 Å². The van der Waals surface area contributed by atoms with E-state index in [1.54, 1.807) is 6.07 Å². The minimum absolute atomic E-state index is 0.0558. The Kier molecular flexibility index (Phi) is 4.90. The number of para-hydroxylation sites is 1. The molecule has 0 saturated carbocycles. The zero-order valence-corrected chi connectivity index (χ0v) is 14.0. The van der Waals surface area contributed by atoms with Gasteiger partial charge in [0.25, 0.3) is 0 Å². The van der Waals surface area contributed by atoms with Gasteiger partial charge in [-0.1, -0.05) is 41.6 Å². The van der Waals surface area contributed by atoms with E-state index in [1.807, 2.05) is 31.2 Å². The van der Waals surface area contributed by atoms with Gasteiger partial charge in [0.05, 0.1) is 10.6 Å². The Morgan fingerprint density at radius 1 is 1.12 bits per heavy atom. The Hall–Kier alpha value is -3.00. The molecular weight excluding hydrogens is 343 g/mol. The lowest BCUT2D eigenvalue weighted by Gasteiger charge is -2.09. The summed E-state index contributed by atoms with van der Waals surface area (Å²) in [6.07, 6.45) is 1.21. The number of aromatic nitrogens is 2. The van der Waals surface area contributed by atoms with Crippen molar-refractivity contribution in [2.24, 2.45) is 0 Å². The fourth-order valence-electron chi connectivity index (χ4n) is 2.10. The third-order valence-electron chi connectivity index (χ3n) is 3.33. The van der Waals surface area contributed by atoms with Gasteiger partial charge in [-0.25, -0.2) is 14.4 Å². The highest BCUT2D eigenvalue weighted by atomic mass is 32.2. The minimum atomic E-state index is -0.570. The van der Waals surface area contributed by atoms with E-state index in [0.717, 1.165) is 22.2 Å². The molecule has 126 valence electrons. The van der Waals surface area contributed by atoms with Crippen LogP contribution in [0.3, 0.4) is 0 Å². The van der Waals surface area contributed by atoms with Crippen LogP contribution in [0.2, 0.25) is 0 Å². The predicted molar refractivity (Wildman–Crippen MR) is 93.7 cm³/mol. The molecule has 0 spiro atoms. The van der Waals surface area contributed by atoms with E-state index in [2.05, 4.69) is 15.3 Å². The first kappa shape index (κ1) is 16.8. The quantitative estimate of drug-likeness (QED) is 0.404. The Morgan fingerprint density at radius 3 is 2.52 bits per heavy atom. The molecule has 0 unspecified atom stereocenters. The van der Waals surface area contributed by atoms with Gasteiger partial charge in [0.1, 0.15) is 12.1 Å². The molecule has 0 aliphatic heterocycles. The van der Waals surface area contributed by atoms with Gasteiger partial charge >= 0.3 is 5.69 Å². The van der Waals surface area contributed by atoms with E-state index in [4.69, 9.17) is 0 Å². The van der Waals surface area contributed by atoms with E-state index in [0.29, 0.717) is 0 Å². The molecule has 0 aliphatic carbocycles. The van der Waals surface area contributed by atoms with Crippen LogP contribution in [0.1, 0.15) is 5.56 Å². The first-order valence-corrected chi connectivity index (χ1v) is 8.11. The van der Waals surface area contributed by atoms with Gasteiger partial charge in [-0.3, -0.25) is 10.1 Å². The molecule has 0 amide bonds. The number of nitro groups is 1. The summed E-state index contributed by atoms with van der Waals surface area (Å²) in [6, 6.07) is 13.4. The van der Waals surface area contributed by atoms with E-state index in [-0.39, 0.29) is 22.2 Å². The number of aryl methyl sites for hydroxylation is 1. The van der Waals surface area contributed by atoms with Gasteiger partial charge in [-0.05, 0) is 31.2 Å². The van der Waals surface area contributed by atoms with Crippen LogP contribution in [0.5, 0.6) is 0 Å². The predicted octanol–water partition coefficient (Wildman–Crippen LogP) is 4.73. The van der Waals surface area contributed by atoms with Crippen molar-refractivity contribution in [1.82, 2.24) is 9.97 Å². The van der Waals surface area contributed by atoms with Crippen molar-refractivity contribution in [2.75, 3.05) is 5.32 Å². The first-order valence-electron chi connectivity index (χ1n) is 7.30. The molecule has 0 bridgehead atoms. The summed E-state index contributed by atoms with van der Waals surface area (Å²) in [4.78, 5) is 19.7. The molecule has 1 heterocycles. The largest absolute Gasteiger partial charge is 0.343 e. The second-order valence-corrected chi connectivity index (χ2v) is 6.22. The smallest absolute Gasteiger partial charge is 0.332 e. The number of halogens is 1. The van der Waals surface area contributed by atoms with Crippen molar-refractivity contribution < 1.29 is 9.31 Å². The molecule has 2 aromatic carbocycles. The Balaban J connectivity index is 1.98. The van der Waals surface area contributed by atoms with Gasteiger partial charge in [0.15, 0.2) is 5.03 Å². The lowest BCUT2D eigenvalue weighted by molar-refractivity contribution is -0.387. The highest BCUT2D eigenvalue weighted by molar-refractivity contribution is 7.99. The number of benzene rings is 2. The third-order valence-corrected chi connectivity index (χ3v) is 4.33. The molecule has 0 fully saturated rings. The van der Waals surface area contributed by atoms with E-state index < -0.39 is 10.7 Å². The average molecular weight is 356 g/mol. The average Bonchev–Trinajstić information content (AvgIpc) is 2.59. The van der Waals surface area contributed by atoms with Crippen LogP contribution in [-0.2, 0) is 0 Å². The van der Waals surface area contributed by atoms with Crippen LogP contribution >= 0.6 is 11.8 Å². The van der Waals surface area contributed by atoms with Crippen LogP contribution in [0.4, 0.5) is 21.6 Å². The summed E-state index contributed by atoms with van der Waals surface area (Å²) < 4.78 is 13.8. The lowest BCUT2D eigenvalue weighted by atomic mass is 10.2. The van der Waals surface area contributed by atoms with Crippen LogP contribution in [0.15, 0.2) is 64.8 Å². The van der Waals surface area contributed by atoms with Crippen LogP contribution in [-0.4, -0.2) is 14.9 Å². The zero-order valence-electron chi connectivity index (χ0n) is 13.1. The van der Waals surface area contributed by atoms with E-state index in [9.17, 15) is 14.5 Å². The molecule has 6 nitrogen and oxygen atoms in total. The number of nitrogens with one attached hydrogen (secondary N) is 1. The van der Waals surface area contributed by atoms with Crippen LogP contribution < -0.4 is 5.32 Å². The molecule has 8 heteroatoms. The number of rotatable bonds is 5. The van der Waals surface area contributed by atoms with Gasteiger partial charge in [0.2, 0.25) is 5.82 Å². The molecule has 3 aromatic rings. The van der Waals surface area contributed by atoms with Crippen molar-refractivity contribution in [3.8, 4) is 0 Å². The molecule has 25 heavy (non-hydrogen) atoms. The van der Waals surface area contributed by atoms with Crippen LogP contribution in [0, 0.1) is 22.9 Å².